The molecular formula is C19H24FN3O2. The van der Waals surface area contributed by atoms with Crippen LogP contribution >= 0.6 is 0 Å². The van der Waals surface area contributed by atoms with Gasteiger partial charge >= 0.3 is 0 Å². The Balaban J connectivity index is 1.67. The van der Waals surface area contributed by atoms with Gasteiger partial charge in [0.2, 0.25) is 5.88 Å². The average Bonchev–Trinajstić information content (AvgIpc) is 2.64. The standard InChI is InChI=1S/C19H24FN3O2/c1-25-16-3-2-14-17(23-16)12(13(20)11-22-14)10-15(24)18-4-7-19(21,8-5-18)9-6-18/h2-3,11,15,24H,4-10,21H2,1H3. The number of ether oxygens (including phenoxy) is 1. The molecule has 0 spiro atoms. The van der Waals surface area contributed by atoms with Crippen LogP contribution < -0.4 is 10.5 Å². The number of nitrogens with two attached hydrogens (primary N) is 1. The number of hydrogen-bond acceptors (Lipinski definition) is 5. The Kier molecular flexibility index (Phi) is 3.92. The molecule has 1 atom stereocenters. The maximum absolute atomic E-state index is 14.5. The van der Waals surface area contributed by atoms with Gasteiger partial charge in [-0.3, -0.25) is 4.98 Å². The van der Waals surface area contributed by atoms with Crippen LogP contribution in [0.3, 0.4) is 0 Å². The highest BCUT2D eigenvalue weighted by Crippen LogP contribution is 2.53. The van der Waals surface area contributed by atoms with Gasteiger partial charge in [-0.15, -0.1) is 0 Å². The molecule has 3 fully saturated rings. The van der Waals surface area contributed by atoms with Crippen LogP contribution in [0.4, 0.5) is 4.39 Å². The normalized spacial score (nSPS) is 29.8. The van der Waals surface area contributed by atoms with Gasteiger partial charge in [0.05, 0.1) is 30.4 Å². The lowest BCUT2D eigenvalue weighted by atomic mass is 9.55. The molecule has 3 N–H and O–H groups in total. The summed E-state index contributed by atoms with van der Waals surface area (Å²) in [6, 6.07) is 3.47. The van der Waals surface area contributed by atoms with Crippen LogP contribution in [0.15, 0.2) is 18.3 Å². The molecule has 3 aliphatic rings. The summed E-state index contributed by atoms with van der Waals surface area (Å²) in [4.78, 5) is 8.47. The van der Waals surface area contributed by atoms with Crippen molar-refractivity contribution >= 4 is 11.0 Å². The number of aliphatic hydroxyl groups excluding tert-OH is 1. The van der Waals surface area contributed by atoms with Crippen molar-refractivity contribution in [2.24, 2.45) is 11.1 Å². The lowest BCUT2D eigenvalue weighted by Gasteiger charge is -2.53. The Morgan fingerprint density at radius 2 is 1.92 bits per heavy atom. The zero-order valence-corrected chi connectivity index (χ0v) is 14.5. The van der Waals surface area contributed by atoms with Gasteiger partial charge in [-0.1, -0.05) is 0 Å². The van der Waals surface area contributed by atoms with E-state index in [4.69, 9.17) is 10.5 Å². The van der Waals surface area contributed by atoms with Crippen molar-refractivity contribution in [2.45, 2.75) is 56.6 Å². The fourth-order valence-electron chi connectivity index (χ4n) is 4.54. The molecule has 0 aliphatic heterocycles. The number of hydrogen-bond donors (Lipinski definition) is 2. The van der Waals surface area contributed by atoms with Crippen LogP contribution in [0.25, 0.3) is 11.0 Å². The summed E-state index contributed by atoms with van der Waals surface area (Å²) in [6.07, 6.45) is 6.39. The molecule has 134 valence electrons. The second-order valence-electron chi connectivity index (χ2n) is 7.75. The maximum atomic E-state index is 14.5. The largest absolute Gasteiger partial charge is 0.481 e. The molecule has 0 amide bonds. The SMILES string of the molecule is COc1ccc2ncc(F)c(CC(O)C34CCC(N)(CC3)CC4)c2n1. The van der Waals surface area contributed by atoms with Crippen molar-refractivity contribution in [3.05, 3.63) is 29.7 Å². The molecule has 25 heavy (non-hydrogen) atoms. The number of rotatable bonds is 4. The van der Waals surface area contributed by atoms with E-state index in [-0.39, 0.29) is 17.4 Å². The van der Waals surface area contributed by atoms with Crippen LogP contribution in [-0.2, 0) is 6.42 Å². The summed E-state index contributed by atoms with van der Waals surface area (Å²) in [5.74, 6) is -0.0134. The first kappa shape index (κ1) is 16.7. The molecule has 3 aliphatic carbocycles. The zero-order valence-electron chi connectivity index (χ0n) is 14.5. The molecule has 0 saturated heterocycles. The molecule has 2 heterocycles. The molecular weight excluding hydrogens is 321 g/mol. The van der Waals surface area contributed by atoms with Gasteiger partial charge in [0.1, 0.15) is 5.82 Å². The van der Waals surface area contributed by atoms with E-state index in [9.17, 15) is 9.50 Å². The van der Waals surface area contributed by atoms with E-state index in [2.05, 4.69) is 9.97 Å². The van der Waals surface area contributed by atoms with Crippen LogP contribution in [0.1, 0.15) is 44.1 Å². The summed E-state index contributed by atoms with van der Waals surface area (Å²) >= 11 is 0. The Morgan fingerprint density at radius 3 is 2.56 bits per heavy atom. The Morgan fingerprint density at radius 1 is 1.24 bits per heavy atom. The second kappa shape index (κ2) is 5.88. The van der Waals surface area contributed by atoms with E-state index >= 15 is 0 Å². The van der Waals surface area contributed by atoms with Crippen molar-refractivity contribution in [2.75, 3.05) is 7.11 Å². The van der Waals surface area contributed by atoms with Gasteiger partial charge in [0, 0.05) is 23.6 Å². The van der Waals surface area contributed by atoms with Crippen LogP contribution in [-0.4, -0.2) is 33.8 Å². The number of nitrogens with zero attached hydrogens (tertiary/aromatic N) is 2. The minimum Gasteiger partial charge on any atom is -0.481 e. The molecule has 5 rings (SSSR count). The summed E-state index contributed by atoms with van der Waals surface area (Å²) in [5.41, 5.74) is 7.65. The van der Waals surface area contributed by atoms with Crippen LogP contribution in [0, 0.1) is 11.2 Å². The monoisotopic (exact) mass is 345 g/mol. The third-order valence-electron chi connectivity index (χ3n) is 6.42. The van der Waals surface area contributed by atoms with E-state index in [1.807, 2.05) is 0 Å². The predicted molar refractivity (Wildman–Crippen MR) is 92.8 cm³/mol. The third kappa shape index (κ3) is 2.77. The quantitative estimate of drug-likeness (QED) is 0.890. The van der Waals surface area contributed by atoms with E-state index in [1.54, 1.807) is 12.1 Å². The van der Waals surface area contributed by atoms with Crippen molar-refractivity contribution in [3.63, 3.8) is 0 Å². The average molecular weight is 345 g/mol. The lowest BCUT2D eigenvalue weighted by Crippen LogP contribution is -2.55. The molecule has 0 radical (unpaired) electrons. The Bertz CT molecular complexity index is 786. The molecule has 3 saturated carbocycles. The van der Waals surface area contributed by atoms with E-state index < -0.39 is 11.9 Å². The molecule has 2 aromatic heterocycles. The summed E-state index contributed by atoms with van der Waals surface area (Å²) < 4.78 is 19.7. The van der Waals surface area contributed by atoms with Crippen LogP contribution in [0.2, 0.25) is 0 Å². The van der Waals surface area contributed by atoms with Crippen molar-refractivity contribution in [1.82, 2.24) is 9.97 Å². The van der Waals surface area contributed by atoms with Gasteiger partial charge in [-0.25, -0.2) is 9.37 Å². The maximum Gasteiger partial charge on any atom is 0.213 e. The smallest absolute Gasteiger partial charge is 0.213 e. The number of methoxy groups -OCH3 is 1. The molecule has 6 heteroatoms. The van der Waals surface area contributed by atoms with Crippen molar-refractivity contribution < 1.29 is 14.2 Å². The first-order chi connectivity index (χ1) is 11.9. The molecule has 5 nitrogen and oxygen atoms in total. The molecule has 1 unspecified atom stereocenters. The fraction of sp³-hybridized carbons (Fsp3) is 0.579. The Hall–Kier alpha value is -1.79. The van der Waals surface area contributed by atoms with Crippen LogP contribution in [0.5, 0.6) is 5.88 Å². The van der Waals surface area contributed by atoms with Gasteiger partial charge in [0.15, 0.2) is 0 Å². The highest BCUT2D eigenvalue weighted by molar-refractivity contribution is 5.78. The minimum atomic E-state index is -0.606. The number of aliphatic hydroxyl groups is 1. The molecule has 2 bridgehead atoms. The van der Waals surface area contributed by atoms with Gasteiger partial charge in [-0.05, 0) is 50.0 Å². The highest BCUT2D eigenvalue weighted by atomic mass is 19.1. The number of fused-ring (bicyclic) bond motifs is 4. The number of halogens is 1. The zero-order chi connectivity index (χ0) is 17.7. The van der Waals surface area contributed by atoms with E-state index in [0.29, 0.717) is 22.5 Å². The predicted octanol–water partition coefficient (Wildman–Crippen LogP) is 2.73. The van der Waals surface area contributed by atoms with Crippen molar-refractivity contribution in [1.29, 1.82) is 0 Å². The van der Waals surface area contributed by atoms with Gasteiger partial charge < -0.3 is 15.6 Å². The van der Waals surface area contributed by atoms with Gasteiger partial charge in [-0.2, -0.15) is 0 Å². The first-order valence-electron chi connectivity index (χ1n) is 8.90. The summed E-state index contributed by atoms with van der Waals surface area (Å²) in [7, 11) is 1.53. The van der Waals surface area contributed by atoms with E-state index in [1.165, 1.54) is 13.3 Å². The summed E-state index contributed by atoms with van der Waals surface area (Å²) in [5, 5.41) is 11.0. The Labute approximate surface area is 146 Å². The van der Waals surface area contributed by atoms with Gasteiger partial charge in [0.25, 0.3) is 0 Å². The highest BCUT2D eigenvalue weighted by Gasteiger charge is 2.50. The van der Waals surface area contributed by atoms with Crippen molar-refractivity contribution in [3.8, 4) is 5.88 Å². The fourth-order valence-corrected chi connectivity index (χ4v) is 4.54. The summed E-state index contributed by atoms with van der Waals surface area (Å²) in [6.45, 7) is 0. The number of pyridine rings is 2. The molecule has 0 aromatic carbocycles. The molecule has 2 aromatic rings. The van der Waals surface area contributed by atoms with E-state index in [0.717, 1.165) is 38.5 Å². The topological polar surface area (TPSA) is 81.3 Å². The number of aromatic nitrogens is 2. The second-order valence-corrected chi connectivity index (χ2v) is 7.75. The minimum absolute atomic E-state index is 0.0506. The lowest BCUT2D eigenvalue weighted by molar-refractivity contribution is -0.0609. The first-order valence-corrected chi connectivity index (χ1v) is 8.90. The third-order valence-corrected chi connectivity index (χ3v) is 6.42.